The molecule has 1 heterocycles. The van der Waals surface area contributed by atoms with Crippen LogP contribution in [-0.2, 0) is 38.1 Å². The second-order valence-electron chi connectivity index (χ2n) is 5.61. The summed E-state index contributed by atoms with van der Waals surface area (Å²) < 4.78 is 20.2. The quantitative estimate of drug-likeness (QED) is 0.417. The summed E-state index contributed by atoms with van der Waals surface area (Å²) in [5.74, 6) is -2.52. The Kier molecular flexibility index (Phi) is 7.31. The van der Waals surface area contributed by atoms with E-state index < -0.39 is 54.5 Å². The number of likely N-dealkylation sites (N-methyl/N-ethyl adjacent to an activating group) is 1. The zero-order valence-electron chi connectivity index (χ0n) is 14.7. The summed E-state index contributed by atoms with van der Waals surface area (Å²) in [7, 11) is 1.41. The van der Waals surface area contributed by atoms with Crippen LogP contribution >= 0.6 is 0 Å². The third-order valence-corrected chi connectivity index (χ3v) is 3.62. The molecule has 5 atom stereocenters. The zero-order chi connectivity index (χ0) is 19.3. The van der Waals surface area contributed by atoms with Gasteiger partial charge in [0, 0.05) is 41.0 Å². The lowest BCUT2D eigenvalue weighted by molar-refractivity contribution is -0.529. The highest BCUT2D eigenvalue weighted by molar-refractivity contribution is 5.74. The fourth-order valence-corrected chi connectivity index (χ4v) is 2.55. The molecule has 1 rings (SSSR count). The van der Waals surface area contributed by atoms with Crippen molar-refractivity contribution < 1.29 is 43.2 Å². The fraction of sp³-hybridized carbons (Fsp3) is 0.733. The number of amides is 1. The monoisotopic (exact) mass is 360 g/mol. The van der Waals surface area contributed by atoms with Crippen molar-refractivity contribution in [3.8, 4) is 0 Å². The second-order valence-corrected chi connectivity index (χ2v) is 5.61. The Morgan fingerprint density at radius 3 is 1.92 bits per heavy atom. The van der Waals surface area contributed by atoms with Crippen molar-refractivity contribution >= 4 is 23.8 Å². The molecular formula is C15H22NO9-. The van der Waals surface area contributed by atoms with Crippen LogP contribution in [0.5, 0.6) is 0 Å². The average Bonchev–Trinajstić information content (AvgIpc) is 2.47. The van der Waals surface area contributed by atoms with Crippen LogP contribution in [0.4, 0.5) is 0 Å². The number of nitrogens with zero attached hydrogens (tertiary/aromatic N) is 1. The molecule has 0 aromatic rings. The second kappa shape index (κ2) is 8.77. The van der Waals surface area contributed by atoms with Gasteiger partial charge >= 0.3 is 17.9 Å². The van der Waals surface area contributed by atoms with Crippen molar-refractivity contribution in [1.29, 1.82) is 0 Å². The predicted octanol–water partition coefficient (Wildman–Crippen LogP) is -1.65. The van der Waals surface area contributed by atoms with Gasteiger partial charge in [-0.2, -0.15) is 0 Å². The van der Waals surface area contributed by atoms with E-state index in [2.05, 4.69) is 0 Å². The van der Waals surface area contributed by atoms with Gasteiger partial charge in [-0.25, -0.2) is 0 Å². The molecule has 0 radical (unpaired) electrons. The van der Waals surface area contributed by atoms with E-state index in [0.29, 0.717) is 0 Å². The highest BCUT2D eigenvalue weighted by atomic mass is 16.7. The lowest BCUT2D eigenvalue weighted by Gasteiger charge is -2.50. The van der Waals surface area contributed by atoms with Crippen molar-refractivity contribution in [2.24, 2.45) is 0 Å². The SMILES string of the molecule is CC(=O)OC[C@H]1O[C@H]([O-])[C@@H](OC(C)=O)[C@@H](OC(C)=O)[C@H]1N(C)C(C)=O. The van der Waals surface area contributed by atoms with Crippen LogP contribution in [0, 0.1) is 0 Å². The van der Waals surface area contributed by atoms with Crippen molar-refractivity contribution in [1.82, 2.24) is 4.90 Å². The lowest BCUT2D eigenvalue weighted by Crippen LogP contribution is -2.68. The van der Waals surface area contributed by atoms with Crippen molar-refractivity contribution in [3.63, 3.8) is 0 Å². The van der Waals surface area contributed by atoms with Gasteiger partial charge in [0.2, 0.25) is 5.91 Å². The molecule has 10 heteroatoms. The van der Waals surface area contributed by atoms with Gasteiger partial charge in [-0.1, -0.05) is 0 Å². The van der Waals surface area contributed by atoms with Crippen LogP contribution in [0.2, 0.25) is 0 Å². The minimum atomic E-state index is -1.88. The number of carbonyl (C=O) groups excluding carboxylic acids is 4. The molecule has 1 amide bonds. The van der Waals surface area contributed by atoms with E-state index in [1.54, 1.807) is 0 Å². The van der Waals surface area contributed by atoms with Gasteiger partial charge in [0.25, 0.3) is 0 Å². The maximum absolute atomic E-state index is 12.3. The van der Waals surface area contributed by atoms with Crippen LogP contribution in [0.15, 0.2) is 0 Å². The number of ether oxygens (including phenoxy) is 4. The fourth-order valence-electron chi connectivity index (χ4n) is 2.55. The summed E-state index contributed by atoms with van der Waals surface area (Å²) in [6.45, 7) is 4.31. The summed E-state index contributed by atoms with van der Waals surface area (Å²) >= 11 is 0. The summed E-state index contributed by atoms with van der Waals surface area (Å²) in [5.41, 5.74) is 0. The molecule has 0 spiro atoms. The van der Waals surface area contributed by atoms with Gasteiger partial charge in [0.1, 0.15) is 18.8 Å². The van der Waals surface area contributed by atoms with Gasteiger partial charge in [-0.3, -0.25) is 19.2 Å². The van der Waals surface area contributed by atoms with Gasteiger partial charge in [0.15, 0.2) is 12.2 Å². The molecule has 25 heavy (non-hydrogen) atoms. The zero-order valence-corrected chi connectivity index (χ0v) is 14.7. The van der Waals surface area contributed by atoms with E-state index in [9.17, 15) is 24.3 Å². The van der Waals surface area contributed by atoms with Crippen LogP contribution in [0.1, 0.15) is 27.7 Å². The third kappa shape index (κ3) is 5.68. The Labute approximate surface area is 144 Å². The molecule has 0 bridgehead atoms. The van der Waals surface area contributed by atoms with Crippen molar-refractivity contribution in [2.45, 2.75) is 58.3 Å². The van der Waals surface area contributed by atoms with Crippen LogP contribution in [-0.4, -0.2) is 73.0 Å². The molecule has 10 nitrogen and oxygen atoms in total. The van der Waals surface area contributed by atoms with Crippen molar-refractivity contribution in [2.75, 3.05) is 13.7 Å². The Hall–Kier alpha value is -2.20. The molecular weight excluding hydrogens is 338 g/mol. The predicted molar refractivity (Wildman–Crippen MR) is 78.6 cm³/mol. The highest BCUT2D eigenvalue weighted by Crippen LogP contribution is 2.28. The topological polar surface area (TPSA) is 132 Å². The van der Waals surface area contributed by atoms with Gasteiger partial charge in [0.05, 0.1) is 0 Å². The number of hydrogen-bond donors (Lipinski definition) is 0. The first kappa shape index (κ1) is 20.8. The molecule has 1 saturated heterocycles. The van der Waals surface area contributed by atoms with E-state index in [0.717, 1.165) is 13.8 Å². The van der Waals surface area contributed by atoms with Crippen LogP contribution in [0.3, 0.4) is 0 Å². The molecule has 1 fully saturated rings. The highest BCUT2D eigenvalue weighted by Gasteiger charge is 2.49. The van der Waals surface area contributed by atoms with E-state index >= 15 is 0 Å². The molecule has 0 aliphatic carbocycles. The summed E-state index contributed by atoms with van der Waals surface area (Å²) in [5, 5.41) is 12.3. The minimum Gasteiger partial charge on any atom is -0.828 e. The first-order valence-corrected chi connectivity index (χ1v) is 7.57. The molecule has 0 aromatic heterocycles. The normalized spacial score (nSPS) is 28.6. The first-order chi connectivity index (χ1) is 11.5. The molecule has 0 N–H and O–H groups in total. The van der Waals surface area contributed by atoms with Crippen LogP contribution in [0.25, 0.3) is 0 Å². The van der Waals surface area contributed by atoms with Gasteiger partial charge in [-0.15, -0.1) is 0 Å². The molecule has 1 aliphatic heterocycles. The number of hydrogen-bond acceptors (Lipinski definition) is 9. The van der Waals surface area contributed by atoms with E-state index in [1.165, 1.54) is 25.8 Å². The molecule has 0 aromatic carbocycles. The largest absolute Gasteiger partial charge is 0.828 e. The standard InChI is InChI=1S/C15H22NO9/c1-7(17)16(5)12-11(6-22-8(2)18)25-15(21)14(24-10(4)20)13(12)23-9(3)19/h11-15H,6H2,1-5H3/q-1/t11-,12+,13+,14+,15+/m1/s1. The van der Waals surface area contributed by atoms with Gasteiger partial charge < -0.3 is 29.0 Å². The van der Waals surface area contributed by atoms with Gasteiger partial charge in [-0.05, 0) is 0 Å². The summed E-state index contributed by atoms with van der Waals surface area (Å²) in [6, 6.07) is -0.990. The summed E-state index contributed by atoms with van der Waals surface area (Å²) in [4.78, 5) is 46.8. The van der Waals surface area contributed by atoms with E-state index in [4.69, 9.17) is 18.9 Å². The number of esters is 3. The molecule has 142 valence electrons. The molecule has 0 saturated carbocycles. The van der Waals surface area contributed by atoms with Crippen LogP contribution < -0.4 is 5.11 Å². The summed E-state index contributed by atoms with van der Waals surface area (Å²) in [6.07, 6.45) is -5.67. The first-order valence-electron chi connectivity index (χ1n) is 7.57. The Morgan fingerprint density at radius 2 is 1.48 bits per heavy atom. The maximum atomic E-state index is 12.3. The average molecular weight is 360 g/mol. The maximum Gasteiger partial charge on any atom is 0.303 e. The Morgan fingerprint density at radius 1 is 0.960 bits per heavy atom. The Bertz CT molecular complexity index is 535. The van der Waals surface area contributed by atoms with E-state index in [1.807, 2.05) is 0 Å². The lowest BCUT2D eigenvalue weighted by atomic mass is 9.94. The molecule has 0 unspecified atom stereocenters. The minimum absolute atomic E-state index is 0.332. The van der Waals surface area contributed by atoms with E-state index in [-0.39, 0.29) is 6.61 Å². The number of carbonyl (C=O) groups is 4. The molecule has 1 aliphatic rings. The Balaban J connectivity index is 3.23. The third-order valence-electron chi connectivity index (χ3n) is 3.62. The number of rotatable bonds is 5. The smallest absolute Gasteiger partial charge is 0.303 e. The van der Waals surface area contributed by atoms with Crippen molar-refractivity contribution in [3.05, 3.63) is 0 Å².